The van der Waals surface area contributed by atoms with Crippen molar-refractivity contribution in [3.05, 3.63) is 111 Å². The van der Waals surface area contributed by atoms with Gasteiger partial charge in [-0.05, 0) is 66.6 Å². The van der Waals surface area contributed by atoms with Gasteiger partial charge in [0.25, 0.3) is 5.56 Å². The third kappa shape index (κ3) is 4.89. The summed E-state index contributed by atoms with van der Waals surface area (Å²) in [5, 5.41) is 0.803. The van der Waals surface area contributed by atoms with Crippen LogP contribution >= 0.6 is 0 Å². The molecule has 5 nitrogen and oxygen atoms in total. The van der Waals surface area contributed by atoms with Gasteiger partial charge in [0.05, 0.1) is 0 Å². The van der Waals surface area contributed by atoms with E-state index in [0.717, 1.165) is 28.1 Å². The van der Waals surface area contributed by atoms with Crippen molar-refractivity contribution in [2.45, 2.75) is 31.7 Å². The van der Waals surface area contributed by atoms with Crippen LogP contribution in [-0.2, 0) is 23.0 Å². The molecule has 1 heterocycles. The van der Waals surface area contributed by atoms with Crippen LogP contribution in [0.3, 0.4) is 0 Å². The summed E-state index contributed by atoms with van der Waals surface area (Å²) in [7, 11) is -4.18. The third-order valence-corrected chi connectivity index (χ3v) is 7.65. The van der Waals surface area contributed by atoms with E-state index in [1.807, 2.05) is 56.3 Å². The van der Waals surface area contributed by atoms with Crippen LogP contribution in [0.5, 0.6) is 0 Å². The fraction of sp³-hybridized carbons (Fsp3) is 0.192. The molecule has 0 aliphatic rings. The third-order valence-electron chi connectivity index (χ3n) is 5.77. The molecule has 33 heavy (non-hydrogen) atoms. The van der Waals surface area contributed by atoms with E-state index in [0.29, 0.717) is 17.5 Å². The number of benzene rings is 3. The van der Waals surface area contributed by atoms with Gasteiger partial charge >= 0.3 is 0 Å². The smallest absolute Gasteiger partial charge is 0.252 e. The predicted molar refractivity (Wildman–Crippen MR) is 128 cm³/mol. The van der Waals surface area contributed by atoms with E-state index in [4.69, 9.17) is 0 Å². The van der Waals surface area contributed by atoms with Crippen molar-refractivity contribution < 1.29 is 12.8 Å². The summed E-state index contributed by atoms with van der Waals surface area (Å²) in [6.07, 6.45) is 0.436. The second-order valence-corrected chi connectivity index (χ2v) is 10.1. The molecule has 3 aromatic carbocycles. The average Bonchev–Trinajstić information content (AvgIpc) is 2.78. The van der Waals surface area contributed by atoms with Crippen LogP contribution in [0.25, 0.3) is 10.9 Å². The van der Waals surface area contributed by atoms with Crippen molar-refractivity contribution in [3.8, 4) is 0 Å². The number of rotatable bonds is 7. The molecule has 170 valence electrons. The summed E-state index contributed by atoms with van der Waals surface area (Å²) in [5.41, 5.74) is 3.67. The van der Waals surface area contributed by atoms with Gasteiger partial charge < -0.3 is 4.98 Å². The first kappa shape index (κ1) is 22.9. The number of nitrogens with one attached hydrogen (secondary N) is 1. The Bertz CT molecular complexity index is 1480. The number of fused-ring (bicyclic) bond motifs is 1. The maximum Gasteiger partial charge on any atom is 0.252 e. The van der Waals surface area contributed by atoms with E-state index < -0.39 is 20.7 Å². The summed E-state index contributed by atoms with van der Waals surface area (Å²) in [4.78, 5) is 15.2. The highest BCUT2D eigenvalue weighted by Crippen LogP contribution is 2.22. The predicted octanol–water partition coefficient (Wildman–Crippen LogP) is 4.72. The van der Waals surface area contributed by atoms with Gasteiger partial charge in [0.1, 0.15) is 10.7 Å². The molecule has 0 unspecified atom stereocenters. The minimum Gasteiger partial charge on any atom is -0.322 e. The van der Waals surface area contributed by atoms with Crippen LogP contribution in [0.1, 0.15) is 22.3 Å². The van der Waals surface area contributed by atoms with Gasteiger partial charge in [0, 0.05) is 24.2 Å². The Balaban J connectivity index is 1.74. The zero-order chi connectivity index (χ0) is 23.6. The lowest BCUT2D eigenvalue weighted by Gasteiger charge is -2.23. The topological polar surface area (TPSA) is 70.2 Å². The molecule has 7 heteroatoms. The number of aromatic amines is 1. The zero-order valence-corrected chi connectivity index (χ0v) is 19.3. The largest absolute Gasteiger partial charge is 0.322 e. The van der Waals surface area contributed by atoms with E-state index in [2.05, 4.69) is 4.98 Å². The van der Waals surface area contributed by atoms with Crippen molar-refractivity contribution >= 4 is 20.9 Å². The first-order chi connectivity index (χ1) is 15.8. The Morgan fingerprint density at radius 2 is 1.64 bits per heavy atom. The van der Waals surface area contributed by atoms with Crippen molar-refractivity contribution in [3.63, 3.8) is 0 Å². The molecule has 0 atom stereocenters. The number of hydrogen-bond acceptors (Lipinski definition) is 3. The monoisotopic (exact) mass is 464 g/mol. The van der Waals surface area contributed by atoms with Crippen LogP contribution in [0.4, 0.5) is 4.39 Å². The van der Waals surface area contributed by atoms with Gasteiger partial charge in [0.2, 0.25) is 10.0 Å². The molecule has 4 rings (SSSR count). The van der Waals surface area contributed by atoms with E-state index in [1.165, 1.54) is 22.5 Å². The number of halogens is 1. The molecule has 0 saturated heterocycles. The van der Waals surface area contributed by atoms with E-state index in [1.54, 1.807) is 6.07 Å². The first-order valence-electron chi connectivity index (χ1n) is 10.7. The van der Waals surface area contributed by atoms with Gasteiger partial charge in [-0.15, -0.1) is 0 Å². The lowest BCUT2D eigenvalue weighted by atomic mass is 10.1. The molecule has 0 aliphatic heterocycles. The maximum absolute atomic E-state index is 14.5. The van der Waals surface area contributed by atoms with E-state index >= 15 is 0 Å². The number of nitrogens with zero attached hydrogens (tertiary/aromatic N) is 1. The Kier molecular flexibility index (Phi) is 6.44. The summed E-state index contributed by atoms with van der Waals surface area (Å²) < 4.78 is 42.6. The van der Waals surface area contributed by atoms with Gasteiger partial charge in [-0.3, -0.25) is 4.79 Å². The first-order valence-corrected chi connectivity index (χ1v) is 12.1. The number of hydrogen-bond donors (Lipinski definition) is 1. The number of aryl methyl sites for hydroxylation is 2. The molecule has 0 amide bonds. The van der Waals surface area contributed by atoms with Gasteiger partial charge in [-0.25, -0.2) is 12.8 Å². The summed E-state index contributed by atoms with van der Waals surface area (Å²) in [6, 6.07) is 20.4. The summed E-state index contributed by atoms with van der Waals surface area (Å²) >= 11 is 0. The number of H-pyrrole nitrogens is 1. The molecule has 0 spiro atoms. The second kappa shape index (κ2) is 9.29. The van der Waals surface area contributed by atoms with Crippen LogP contribution in [-0.4, -0.2) is 24.3 Å². The van der Waals surface area contributed by atoms with E-state index in [-0.39, 0.29) is 18.6 Å². The minimum absolute atomic E-state index is 0.104. The van der Waals surface area contributed by atoms with Gasteiger partial charge in [-0.2, -0.15) is 4.31 Å². The van der Waals surface area contributed by atoms with Crippen LogP contribution < -0.4 is 5.56 Å². The van der Waals surface area contributed by atoms with Crippen LogP contribution in [0.15, 0.2) is 82.5 Å². The number of aromatic nitrogens is 1. The molecule has 0 saturated carbocycles. The van der Waals surface area contributed by atoms with Crippen molar-refractivity contribution in [2.24, 2.45) is 0 Å². The molecular weight excluding hydrogens is 439 g/mol. The highest BCUT2D eigenvalue weighted by atomic mass is 32.2. The summed E-state index contributed by atoms with van der Waals surface area (Å²) in [5.74, 6) is -0.818. The second-order valence-electron chi connectivity index (χ2n) is 8.16. The molecule has 1 aromatic heterocycles. The molecular formula is C26H25FN2O3S. The average molecular weight is 465 g/mol. The number of pyridine rings is 1. The molecule has 0 radical (unpaired) electrons. The number of sulfonamides is 1. The van der Waals surface area contributed by atoms with Crippen LogP contribution in [0, 0.1) is 19.7 Å². The minimum atomic E-state index is -4.18. The Morgan fingerprint density at radius 1 is 0.909 bits per heavy atom. The Hall–Kier alpha value is -3.29. The zero-order valence-electron chi connectivity index (χ0n) is 18.5. The molecule has 1 N–H and O–H groups in total. The van der Waals surface area contributed by atoms with Gasteiger partial charge in [-0.1, -0.05) is 48.5 Å². The molecule has 0 fully saturated rings. The SMILES string of the molecule is Cc1ccc2cc(CN(CCc3ccccc3C)S(=O)(=O)c3ccccc3F)c(=O)[nH]c2c1. The quantitative estimate of drug-likeness (QED) is 0.430. The lowest BCUT2D eigenvalue weighted by Crippen LogP contribution is -2.35. The Labute approximate surface area is 192 Å². The fourth-order valence-electron chi connectivity index (χ4n) is 3.88. The maximum atomic E-state index is 14.5. The van der Waals surface area contributed by atoms with Crippen molar-refractivity contribution in [2.75, 3.05) is 6.54 Å². The normalized spacial score (nSPS) is 11.9. The van der Waals surface area contributed by atoms with Crippen LogP contribution in [0.2, 0.25) is 0 Å². The standard InChI is InChI=1S/C26H25FN2O3S/c1-18-11-12-21-16-22(26(30)28-24(21)15-18)17-29(14-13-20-8-4-3-7-19(20)2)33(31,32)25-10-6-5-9-23(25)27/h3-12,15-16H,13-14,17H2,1-2H3,(H,28,30). The summed E-state index contributed by atoms with van der Waals surface area (Å²) in [6.45, 7) is 3.83. The highest BCUT2D eigenvalue weighted by molar-refractivity contribution is 7.89. The Morgan fingerprint density at radius 3 is 2.39 bits per heavy atom. The molecule has 0 bridgehead atoms. The fourth-order valence-corrected chi connectivity index (χ4v) is 5.36. The molecule has 4 aromatic rings. The highest BCUT2D eigenvalue weighted by Gasteiger charge is 2.28. The van der Waals surface area contributed by atoms with Gasteiger partial charge in [0.15, 0.2) is 0 Å². The van der Waals surface area contributed by atoms with Crippen molar-refractivity contribution in [1.82, 2.24) is 9.29 Å². The van der Waals surface area contributed by atoms with Crippen molar-refractivity contribution in [1.29, 1.82) is 0 Å². The molecule has 0 aliphatic carbocycles. The van der Waals surface area contributed by atoms with E-state index in [9.17, 15) is 17.6 Å². The lowest BCUT2D eigenvalue weighted by molar-refractivity contribution is 0.404.